The summed E-state index contributed by atoms with van der Waals surface area (Å²) >= 11 is 1.91. The van der Waals surface area contributed by atoms with Gasteiger partial charge in [0.05, 0.1) is 41.7 Å². The number of rotatable bonds is 4. The highest BCUT2D eigenvalue weighted by Gasteiger charge is 2.30. The lowest BCUT2D eigenvalue weighted by molar-refractivity contribution is -0.137. The first kappa shape index (κ1) is 20.2. The normalized spacial score (nSPS) is 14.6. The first-order chi connectivity index (χ1) is 14.4. The molecule has 2 aromatic heterocycles. The van der Waals surface area contributed by atoms with E-state index in [4.69, 9.17) is 0 Å². The highest BCUT2D eigenvalue weighted by molar-refractivity contribution is 7.99. The van der Waals surface area contributed by atoms with Gasteiger partial charge in [-0.05, 0) is 18.2 Å². The maximum absolute atomic E-state index is 12.8. The van der Waals surface area contributed by atoms with E-state index >= 15 is 0 Å². The Morgan fingerprint density at radius 3 is 2.53 bits per heavy atom. The van der Waals surface area contributed by atoms with Gasteiger partial charge in [-0.1, -0.05) is 6.07 Å². The SMILES string of the molecule is O=C(Nc1cnn(-c2ncc(N3CCSCC3)cn2)c1)c1cccc(C(F)(F)F)c1. The predicted molar refractivity (Wildman–Crippen MR) is 108 cm³/mol. The summed E-state index contributed by atoms with van der Waals surface area (Å²) in [5.74, 6) is 1.79. The van der Waals surface area contributed by atoms with E-state index in [1.165, 1.54) is 29.2 Å². The summed E-state index contributed by atoms with van der Waals surface area (Å²) in [6.07, 6.45) is 1.81. The fraction of sp³-hybridized carbons (Fsp3) is 0.263. The number of thioether (sulfide) groups is 1. The van der Waals surface area contributed by atoms with Crippen molar-refractivity contribution in [2.24, 2.45) is 0 Å². The highest BCUT2D eigenvalue weighted by atomic mass is 32.2. The Kier molecular flexibility index (Phi) is 5.62. The third kappa shape index (κ3) is 4.56. The molecule has 30 heavy (non-hydrogen) atoms. The summed E-state index contributed by atoms with van der Waals surface area (Å²) < 4.78 is 39.9. The van der Waals surface area contributed by atoms with Crippen LogP contribution in [0.3, 0.4) is 0 Å². The Labute approximate surface area is 174 Å². The fourth-order valence-corrected chi connectivity index (χ4v) is 3.86. The van der Waals surface area contributed by atoms with Crippen molar-refractivity contribution in [2.75, 3.05) is 34.8 Å². The summed E-state index contributed by atoms with van der Waals surface area (Å²) in [5.41, 5.74) is 0.270. The van der Waals surface area contributed by atoms with E-state index < -0.39 is 17.6 Å². The maximum atomic E-state index is 12.8. The Balaban J connectivity index is 1.45. The van der Waals surface area contributed by atoms with Crippen LogP contribution in [-0.4, -0.2) is 50.3 Å². The van der Waals surface area contributed by atoms with E-state index in [2.05, 4.69) is 25.3 Å². The Morgan fingerprint density at radius 2 is 1.83 bits per heavy atom. The number of aromatic nitrogens is 4. The van der Waals surface area contributed by atoms with Gasteiger partial charge in [-0.25, -0.2) is 14.6 Å². The standard InChI is InChI=1S/C19H17F3N6OS/c20-19(21,22)14-3-1-2-13(8-14)17(29)26-15-9-25-28(12-15)18-23-10-16(11-24-18)27-4-6-30-7-5-27/h1-3,8-12H,4-7H2,(H,26,29). The smallest absolute Gasteiger partial charge is 0.367 e. The lowest BCUT2D eigenvalue weighted by atomic mass is 10.1. The summed E-state index contributed by atoms with van der Waals surface area (Å²) in [6.45, 7) is 1.89. The molecule has 1 saturated heterocycles. The number of amides is 1. The van der Waals surface area contributed by atoms with Crippen molar-refractivity contribution in [3.63, 3.8) is 0 Å². The zero-order chi connectivity index (χ0) is 21.1. The molecule has 0 bridgehead atoms. The summed E-state index contributed by atoms with van der Waals surface area (Å²) in [7, 11) is 0. The van der Waals surface area contributed by atoms with Crippen LogP contribution in [0.2, 0.25) is 0 Å². The van der Waals surface area contributed by atoms with Crippen molar-refractivity contribution in [1.82, 2.24) is 19.7 Å². The highest BCUT2D eigenvalue weighted by Crippen LogP contribution is 2.29. The summed E-state index contributed by atoms with van der Waals surface area (Å²) in [5, 5.41) is 6.65. The predicted octanol–water partition coefficient (Wildman–Crippen LogP) is 3.49. The first-order valence-corrected chi connectivity index (χ1v) is 10.2. The average Bonchev–Trinajstić information content (AvgIpc) is 3.22. The minimum absolute atomic E-state index is 0.0992. The van der Waals surface area contributed by atoms with Crippen molar-refractivity contribution in [2.45, 2.75) is 6.18 Å². The van der Waals surface area contributed by atoms with Gasteiger partial charge in [0.15, 0.2) is 0 Å². The molecule has 7 nitrogen and oxygen atoms in total. The molecule has 4 rings (SSSR count). The third-order valence-corrected chi connectivity index (χ3v) is 5.44. The van der Waals surface area contributed by atoms with Crippen LogP contribution >= 0.6 is 11.8 Å². The van der Waals surface area contributed by atoms with Crippen LogP contribution in [0.4, 0.5) is 24.5 Å². The Bertz CT molecular complexity index is 1030. The van der Waals surface area contributed by atoms with E-state index in [1.807, 2.05) is 11.8 Å². The molecule has 0 spiro atoms. The topological polar surface area (TPSA) is 75.9 Å². The van der Waals surface area contributed by atoms with Crippen molar-refractivity contribution < 1.29 is 18.0 Å². The lowest BCUT2D eigenvalue weighted by Gasteiger charge is -2.27. The van der Waals surface area contributed by atoms with Gasteiger partial charge in [-0.2, -0.15) is 30.0 Å². The molecule has 1 fully saturated rings. The van der Waals surface area contributed by atoms with Crippen molar-refractivity contribution >= 4 is 29.0 Å². The molecular formula is C19H17F3N6OS. The largest absolute Gasteiger partial charge is 0.416 e. The number of anilines is 2. The Morgan fingerprint density at radius 1 is 1.10 bits per heavy atom. The lowest BCUT2D eigenvalue weighted by Crippen LogP contribution is -2.32. The second-order valence-electron chi connectivity index (χ2n) is 6.55. The van der Waals surface area contributed by atoms with Crippen LogP contribution in [0.1, 0.15) is 15.9 Å². The van der Waals surface area contributed by atoms with Gasteiger partial charge in [0.1, 0.15) is 0 Å². The number of alkyl halides is 3. The summed E-state index contributed by atoms with van der Waals surface area (Å²) in [4.78, 5) is 23.2. The van der Waals surface area contributed by atoms with Crippen molar-refractivity contribution in [3.8, 4) is 5.95 Å². The molecule has 1 aromatic carbocycles. The number of hydrogen-bond donors (Lipinski definition) is 1. The van der Waals surface area contributed by atoms with Crippen LogP contribution in [0.15, 0.2) is 49.1 Å². The van der Waals surface area contributed by atoms with Gasteiger partial charge < -0.3 is 10.2 Å². The number of hydrogen-bond acceptors (Lipinski definition) is 6. The van der Waals surface area contributed by atoms with E-state index in [0.717, 1.165) is 42.4 Å². The zero-order valence-electron chi connectivity index (χ0n) is 15.6. The molecule has 0 radical (unpaired) electrons. The number of benzene rings is 1. The molecule has 1 amide bonds. The molecule has 3 aromatic rings. The molecule has 3 heterocycles. The van der Waals surface area contributed by atoms with E-state index in [-0.39, 0.29) is 5.56 Å². The van der Waals surface area contributed by atoms with Gasteiger partial charge >= 0.3 is 6.18 Å². The average molecular weight is 434 g/mol. The minimum atomic E-state index is -4.52. The van der Waals surface area contributed by atoms with Crippen LogP contribution in [-0.2, 0) is 6.18 Å². The third-order valence-electron chi connectivity index (χ3n) is 4.50. The monoisotopic (exact) mass is 434 g/mol. The quantitative estimate of drug-likeness (QED) is 0.678. The molecular weight excluding hydrogens is 417 g/mol. The minimum Gasteiger partial charge on any atom is -0.367 e. The molecule has 0 aliphatic carbocycles. The number of carbonyl (C=O) groups excluding carboxylic acids is 1. The van der Waals surface area contributed by atoms with Gasteiger partial charge in [0.2, 0.25) is 0 Å². The molecule has 0 saturated carbocycles. The molecule has 0 atom stereocenters. The molecule has 1 aliphatic rings. The van der Waals surface area contributed by atoms with Crippen LogP contribution in [0.5, 0.6) is 0 Å². The van der Waals surface area contributed by atoms with Gasteiger partial charge in [-0.15, -0.1) is 0 Å². The van der Waals surface area contributed by atoms with Crippen molar-refractivity contribution in [3.05, 3.63) is 60.2 Å². The first-order valence-electron chi connectivity index (χ1n) is 9.08. The molecule has 11 heteroatoms. The number of nitrogens with one attached hydrogen (secondary N) is 1. The van der Waals surface area contributed by atoms with E-state index in [1.54, 1.807) is 12.4 Å². The second-order valence-corrected chi connectivity index (χ2v) is 7.77. The van der Waals surface area contributed by atoms with Crippen LogP contribution in [0, 0.1) is 0 Å². The van der Waals surface area contributed by atoms with Crippen molar-refractivity contribution in [1.29, 1.82) is 0 Å². The summed E-state index contributed by atoms with van der Waals surface area (Å²) in [6, 6.07) is 4.23. The number of halogens is 3. The van der Waals surface area contributed by atoms with Crippen LogP contribution in [0.25, 0.3) is 5.95 Å². The van der Waals surface area contributed by atoms with E-state index in [9.17, 15) is 18.0 Å². The Hall–Kier alpha value is -3.08. The number of nitrogens with zero attached hydrogens (tertiary/aromatic N) is 5. The second kappa shape index (κ2) is 8.34. The molecule has 1 N–H and O–H groups in total. The maximum Gasteiger partial charge on any atom is 0.416 e. The number of carbonyl (C=O) groups is 1. The van der Waals surface area contributed by atoms with Gasteiger partial charge in [-0.3, -0.25) is 4.79 Å². The fourth-order valence-electron chi connectivity index (χ4n) is 2.95. The molecule has 1 aliphatic heterocycles. The molecule has 0 unspecified atom stereocenters. The zero-order valence-corrected chi connectivity index (χ0v) is 16.5. The van der Waals surface area contributed by atoms with Crippen LogP contribution < -0.4 is 10.2 Å². The van der Waals surface area contributed by atoms with Gasteiger partial charge in [0, 0.05) is 30.2 Å². The molecule has 156 valence electrons. The van der Waals surface area contributed by atoms with Gasteiger partial charge in [0.25, 0.3) is 11.9 Å². The van der Waals surface area contributed by atoms with E-state index in [0.29, 0.717) is 11.6 Å².